The van der Waals surface area contributed by atoms with Crippen molar-refractivity contribution in [2.45, 2.75) is 37.2 Å². The zero-order chi connectivity index (χ0) is 18.5. The SMILES string of the molecule is CCn1c(NC(=O)C2=NNC(=O)CC2)nnc1SCc1ccccc1Cl. The number of amides is 2. The molecule has 2 amide bonds. The lowest BCUT2D eigenvalue weighted by molar-refractivity contribution is -0.121. The minimum Gasteiger partial charge on any atom is -0.289 e. The highest BCUT2D eigenvalue weighted by molar-refractivity contribution is 7.98. The van der Waals surface area contributed by atoms with E-state index in [2.05, 4.69) is 26.0 Å². The van der Waals surface area contributed by atoms with Gasteiger partial charge in [-0.2, -0.15) is 5.10 Å². The minimum absolute atomic E-state index is 0.198. The molecule has 0 radical (unpaired) electrons. The van der Waals surface area contributed by atoms with E-state index < -0.39 is 5.91 Å². The van der Waals surface area contributed by atoms with Gasteiger partial charge >= 0.3 is 0 Å². The number of hydrogen-bond acceptors (Lipinski definition) is 6. The van der Waals surface area contributed by atoms with Crippen LogP contribution in [0.15, 0.2) is 34.5 Å². The Morgan fingerprint density at radius 1 is 1.35 bits per heavy atom. The van der Waals surface area contributed by atoms with E-state index in [1.54, 1.807) is 4.57 Å². The maximum atomic E-state index is 12.3. The molecule has 3 rings (SSSR count). The first kappa shape index (κ1) is 18.4. The number of nitrogens with zero attached hydrogens (tertiary/aromatic N) is 4. The van der Waals surface area contributed by atoms with Gasteiger partial charge in [0.1, 0.15) is 5.71 Å². The highest BCUT2D eigenvalue weighted by atomic mass is 35.5. The number of nitrogens with one attached hydrogen (secondary N) is 2. The summed E-state index contributed by atoms with van der Waals surface area (Å²) in [6, 6.07) is 7.62. The third-order valence-corrected chi connectivity index (χ3v) is 5.12. The molecule has 10 heteroatoms. The van der Waals surface area contributed by atoms with Crippen LogP contribution in [0.4, 0.5) is 5.95 Å². The highest BCUT2D eigenvalue weighted by Gasteiger charge is 2.21. The molecule has 0 spiro atoms. The number of halogens is 1. The molecule has 0 fully saturated rings. The van der Waals surface area contributed by atoms with Crippen molar-refractivity contribution in [2.75, 3.05) is 5.32 Å². The number of thioether (sulfide) groups is 1. The van der Waals surface area contributed by atoms with Crippen LogP contribution in [0.3, 0.4) is 0 Å². The molecule has 2 heterocycles. The van der Waals surface area contributed by atoms with Crippen molar-refractivity contribution in [1.29, 1.82) is 0 Å². The van der Waals surface area contributed by atoms with Crippen molar-refractivity contribution in [3.05, 3.63) is 34.9 Å². The molecule has 8 nitrogen and oxygen atoms in total. The summed E-state index contributed by atoms with van der Waals surface area (Å²) in [4.78, 5) is 23.4. The summed E-state index contributed by atoms with van der Waals surface area (Å²) in [6.45, 7) is 2.54. The van der Waals surface area contributed by atoms with Gasteiger partial charge in [0.15, 0.2) is 5.16 Å². The molecular weight excluding hydrogens is 376 g/mol. The molecule has 2 N–H and O–H groups in total. The second-order valence-corrected chi connectivity index (χ2v) is 6.83. The van der Waals surface area contributed by atoms with Crippen molar-refractivity contribution < 1.29 is 9.59 Å². The van der Waals surface area contributed by atoms with Gasteiger partial charge in [-0.3, -0.25) is 19.5 Å². The molecule has 136 valence electrons. The first-order chi connectivity index (χ1) is 12.6. The Kier molecular flexibility index (Phi) is 5.89. The number of benzene rings is 1. The molecule has 26 heavy (non-hydrogen) atoms. The third-order valence-electron chi connectivity index (χ3n) is 3.74. The third kappa shape index (κ3) is 4.23. The monoisotopic (exact) mass is 392 g/mol. The van der Waals surface area contributed by atoms with Gasteiger partial charge in [0, 0.05) is 30.2 Å². The van der Waals surface area contributed by atoms with Crippen LogP contribution in [0.1, 0.15) is 25.3 Å². The lowest BCUT2D eigenvalue weighted by Gasteiger charge is -2.12. The molecule has 2 aromatic rings. The van der Waals surface area contributed by atoms with Gasteiger partial charge in [0.05, 0.1) is 0 Å². The van der Waals surface area contributed by atoms with Crippen molar-refractivity contribution >= 4 is 46.8 Å². The topological polar surface area (TPSA) is 101 Å². The summed E-state index contributed by atoms with van der Waals surface area (Å²) in [6.07, 6.45) is 0.539. The van der Waals surface area contributed by atoms with Gasteiger partial charge in [-0.25, -0.2) is 5.43 Å². The van der Waals surface area contributed by atoms with Crippen LogP contribution in [0.5, 0.6) is 0 Å². The number of anilines is 1. The van der Waals surface area contributed by atoms with Gasteiger partial charge in [0.2, 0.25) is 11.9 Å². The molecule has 1 aliphatic heterocycles. The maximum absolute atomic E-state index is 12.3. The molecule has 0 atom stereocenters. The first-order valence-electron chi connectivity index (χ1n) is 8.04. The van der Waals surface area contributed by atoms with Crippen LogP contribution in [-0.2, 0) is 21.9 Å². The van der Waals surface area contributed by atoms with Gasteiger partial charge in [-0.1, -0.05) is 41.6 Å². The number of carbonyl (C=O) groups is 2. The molecule has 0 unspecified atom stereocenters. The molecular formula is C16H17ClN6O2S. The summed E-state index contributed by atoms with van der Waals surface area (Å²) >= 11 is 7.67. The highest BCUT2D eigenvalue weighted by Crippen LogP contribution is 2.27. The smallest absolute Gasteiger partial charge is 0.274 e. The summed E-state index contributed by atoms with van der Waals surface area (Å²) in [7, 11) is 0. The normalized spacial score (nSPS) is 13.9. The average Bonchev–Trinajstić information content (AvgIpc) is 3.03. The van der Waals surface area contributed by atoms with Crippen LogP contribution in [0, 0.1) is 0 Å². The Hall–Kier alpha value is -2.39. The number of aromatic nitrogens is 3. The minimum atomic E-state index is -0.394. The van der Waals surface area contributed by atoms with E-state index in [1.165, 1.54) is 11.8 Å². The van der Waals surface area contributed by atoms with E-state index in [4.69, 9.17) is 11.6 Å². The molecule has 0 saturated carbocycles. The number of hydrazone groups is 1. The van der Waals surface area contributed by atoms with Crippen LogP contribution in [-0.4, -0.2) is 32.3 Å². The predicted octanol–water partition coefficient (Wildman–Crippen LogP) is 2.45. The van der Waals surface area contributed by atoms with E-state index in [9.17, 15) is 9.59 Å². The van der Waals surface area contributed by atoms with E-state index in [1.807, 2.05) is 31.2 Å². The zero-order valence-electron chi connectivity index (χ0n) is 14.0. The summed E-state index contributed by atoms with van der Waals surface area (Å²) in [5, 5.41) is 16.1. The molecule has 0 bridgehead atoms. The standard InChI is InChI=1S/C16H17ClN6O2S/c1-2-23-15(18-14(25)12-7-8-13(24)20-19-12)21-22-16(23)26-9-10-5-3-4-6-11(10)17/h3-6H,2,7-9H2,1H3,(H,20,24)(H,18,21,25). The van der Waals surface area contributed by atoms with E-state index >= 15 is 0 Å². The number of hydrogen-bond donors (Lipinski definition) is 2. The van der Waals surface area contributed by atoms with Gasteiger partial charge in [-0.15, -0.1) is 10.2 Å². The van der Waals surface area contributed by atoms with E-state index in [-0.39, 0.29) is 18.0 Å². The average molecular weight is 393 g/mol. The van der Waals surface area contributed by atoms with Crippen molar-refractivity contribution in [2.24, 2.45) is 5.10 Å². The Morgan fingerprint density at radius 2 is 2.15 bits per heavy atom. The van der Waals surface area contributed by atoms with Gasteiger partial charge in [-0.05, 0) is 18.6 Å². The quantitative estimate of drug-likeness (QED) is 0.735. The zero-order valence-corrected chi connectivity index (χ0v) is 15.6. The summed E-state index contributed by atoms with van der Waals surface area (Å²) in [5.74, 6) is 0.398. The largest absolute Gasteiger partial charge is 0.289 e. The predicted molar refractivity (Wildman–Crippen MR) is 100 cm³/mol. The molecule has 1 aliphatic rings. The maximum Gasteiger partial charge on any atom is 0.274 e. The Morgan fingerprint density at radius 3 is 2.85 bits per heavy atom. The Bertz CT molecular complexity index is 866. The fraction of sp³-hybridized carbons (Fsp3) is 0.312. The number of rotatable bonds is 6. The Balaban J connectivity index is 1.69. The van der Waals surface area contributed by atoms with Gasteiger partial charge in [0.25, 0.3) is 5.91 Å². The second kappa shape index (κ2) is 8.33. The van der Waals surface area contributed by atoms with Crippen LogP contribution >= 0.6 is 23.4 Å². The Labute approximate surface area is 159 Å². The summed E-state index contributed by atoms with van der Waals surface area (Å²) < 4.78 is 1.81. The molecule has 1 aromatic carbocycles. The lowest BCUT2D eigenvalue weighted by Crippen LogP contribution is -2.33. The van der Waals surface area contributed by atoms with Crippen LogP contribution < -0.4 is 10.7 Å². The van der Waals surface area contributed by atoms with Crippen LogP contribution in [0.25, 0.3) is 0 Å². The molecule has 1 aromatic heterocycles. The van der Waals surface area contributed by atoms with Crippen LogP contribution in [0.2, 0.25) is 5.02 Å². The first-order valence-corrected chi connectivity index (χ1v) is 9.41. The van der Waals surface area contributed by atoms with Crippen molar-refractivity contribution in [3.8, 4) is 0 Å². The van der Waals surface area contributed by atoms with E-state index in [0.717, 1.165) is 5.56 Å². The number of carbonyl (C=O) groups excluding carboxylic acids is 2. The molecule has 0 aliphatic carbocycles. The van der Waals surface area contributed by atoms with Crippen molar-refractivity contribution in [1.82, 2.24) is 20.2 Å². The fourth-order valence-corrected chi connectivity index (χ4v) is 3.63. The van der Waals surface area contributed by atoms with Crippen molar-refractivity contribution in [3.63, 3.8) is 0 Å². The second-order valence-electron chi connectivity index (χ2n) is 5.48. The summed E-state index contributed by atoms with van der Waals surface area (Å²) in [5.41, 5.74) is 3.57. The lowest BCUT2D eigenvalue weighted by atomic mass is 10.2. The molecule has 0 saturated heterocycles. The fourth-order valence-electron chi connectivity index (χ4n) is 2.34. The van der Waals surface area contributed by atoms with Gasteiger partial charge < -0.3 is 0 Å². The van der Waals surface area contributed by atoms with E-state index in [0.29, 0.717) is 34.8 Å².